The van der Waals surface area contributed by atoms with E-state index in [-0.39, 0.29) is 46.8 Å². The zero-order valence-corrected chi connectivity index (χ0v) is 12.4. The van der Waals surface area contributed by atoms with Gasteiger partial charge in [-0.3, -0.25) is 9.59 Å². The van der Waals surface area contributed by atoms with Gasteiger partial charge in [-0.15, -0.1) is 0 Å². The summed E-state index contributed by atoms with van der Waals surface area (Å²) in [7, 11) is 0. The van der Waals surface area contributed by atoms with Crippen LogP contribution in [-0.2, 0) is 19.2 Å². The zero-order valence-electron chi connectivity index (χ0n) is 11.0. The van der Waals surface area contributed by atoms with Crippen molar-refractivity contribution >= 4 is 46.8 Å². The number of hydrogen-bond donors (Lipinski definition) is 4. The van der Waals surface area contributed by atoms with Gasteiger partial charge in [0.1, 0.15) is 0 Å². The first-order valence-corrected chi connectivity index (χ1v) is 4.57. The number of carbonyl (C=O) groups excluding carboxylic acids is 4. The van der Waals surface area contributed by atoms with Crippen molar-refractivity contribution in [1.29, 1.82) is 0 Å². The molecule has 0 aliphatic carbocycles. The van der Waals surface area contributed by atoms with Gasteiger partial charge in [0.05, 0.1) is 24.0 Å². The summed E-state index contributed by atoms with van der Waals surface area (Å²) in [6, 6.07) is -2.55. The average molecular weight is 323 g/mol. The monoisotopic (exact) mass is 322 g/mol. The van der Waals surface area contributed by atoms with E-state index < -0.39 is 35.8 Å². The molecular weight excluding hydrogens is 304 g/mol. The summed E-state index contributed by atoms with van der Waals surface area (Å²) >= 11 is 0. The van der Waals surface area contributed by atoms with Gasteiger partial charge in [0.2, 0.25) is 11.8 Å². The third kappa shape index (κ3) is 23.9. The summed E-state index contributed by atoms with van der Waals surface area (Å²) in [5.74, 6) is -4.42. The Morgan fingerprint density at radius 3 is 1.00 bits per heavy atom. The molecule has 0 saturated heterocycles. The van der Waals surface area contributed by atoms with Gasteiger partial charge < -0.3 is 53.7 Å². The maximum Gasteiger partial charge on any atom is 2.00 e. The first-order valence-electron chi connectivity index (χ1n) is 4.57. The smallest absolute Gasteiger partial charge is 0.548 e. The topological polar surface area (TPSA) is 281 Å². The molecule has 120 valence electrons. The van der Waals surface area contributed by atoms with Crippen LogP contribution in [0, 0.1) is 0 Å². The molecule has 0 saturated carbocycles. The van der Waals surface area contributed by atoms with Crippen LogP contribution in [0.2, 0.25) is 0 Å². The van der Waals surface area contributed by atoms with Crippen molar-refractivity contribution in [2.24, 2.45) is 22.9 Å². The summed E-state index contributed by atoms with van der Waals surface area (Å²) in [4.78, 5) is 39.5. The van der Waals surface area contributed by atoms with E-state index in [1.165, 1.54) is 0 Å². The van der Waals surface area contributed by atoms with Crippen LogP contribution < -0.4 is 33.1 Å². The van der Waals surface area contributed by atoms with Gasteiger partial charge in [0.15, 0.2) is 0 Å². The van der Waals surface area contributed by atoms with Gasteiger partial charge in [-0.2, -0.15) is 0 Å². The Balaban J connectivity index is -0.0000000711. The maximum atomic E-state index is 9.97. The zero-order chi connectivity index (χ0) is 14.9. The molecule has 0 aromatic heterocycles. The molecule has 0 fully saturated rings. The summed E-state index contributed by atoms with van der Waals surface area (Å²) in [6.07, 6.45) is -0.745. The Hall–Kier alpha value is -1.51. The third-order valence-electron chi connectivity index (χ3n) is 1.45. The minimum absolute atomic E-state index is 0. The Kier molecular flexibility index (Phi) is 25.0. The number of amides is 2. The van der Waals surface area contributed by atoms with E-state index in [0.29, 0.717) is 0 Å². The van der Waals surface area contributed by atoms with Crippen molar-refractivity contribution in [1.82, 2.24) is 0 Å². The molecule has 0 radical (unpaired) electrons. The number of aliphatic carboxylic acids is 2. The molecule has 0 aromatic rings. The molecule has 0 aliphatic rings. The summed E-state index contributed by atoms with van der Waals surface area (Å²) < 4.78 is 0. The van der Waals surface area contributed by atoms with E-state index in [1.54, 1.807) is 0 Å². The standard InChI is InChI=1S/2C4H8N2O3.Mg.2H2O/c2*5-2(4(8)9)1-3(6)7;;;/h2*2H,1,5H2,(H2,6,7)(H,8,9);;2*1H2/q;;+2;;/p-2/t2*2-;;;/m00.../s1. The molecule has 0 aliphatic heterocycles. The van der Waals surface area contributed by atoms with E-state index >= 15 is 0 Å². The fraction of sp³-hybridized carbons (Fsp3) is 0.500. The average Bonchev–Trinajstić information content (AvgIpc) is 2.16. The van der Waals surface area contributed by atoms with Gasteiger partial charge in [-0.25, -0.2) is 0 Å². The second-order valence-corrected chi connectivity index (χ2v) is 3.19. The van der Waals surface area contributed by atoms with Crippen molar-refractivity contribution in [3.63, 3.8) is 0 Å². The molecule has 0 rings (SSSR count). The van der Waals surface area contributed by atoms with Gasteiger partial charge in [-0.1, -0.05) is 0 Å². The maximum absolute atomic E-state index is 9.97. The first kappa shape index (κ1) is 31.7. The number of primary amides is 2. The van der Waals surface area contributed by atoms with Gasteiger partial charge in [-0.05, 0) is 0 Å². The van der Waals surface area contributed by atoms with Crippen LogP contribution in [0.5, 0.6) is 0 Å². The van der Waals surface area contributed by atoms with E-state index in [4.69, 9.17) is 11.5 Å². The summed E-state index contributed by atoms with van der Waals surface area (Å²) in [5, 5.41) is 19.6. The Bertz CT molecular complexity index is 308. The van der Waals surface area contributed by atoms with Crippen LogP contribution in [0.25, 0.3) is 0 Å². The van der Waals surface area contributed by atoms with E-state index in [9.17, 15) is 29.4 Å². The molecule has 2 atom stereocenters. The van der Waals surface area contributed by atoms with Crippen LogP contribution in [-0.4, -0.2) is 69.8 Å². The Labute approximate surface area is 135 Å². The molecule has 21 heavy (non-hydrogen) atoms. The van der Waals surface area contributed by atoms with E-state index in [1.807, 2.05) is 0 Å². The van der Waals surface area contributed by atoms with Crippen molar-refractivity contribution in [3.05, 3.63) is 0 Å². The van der Waals surface area contributed by atoms with Crippen molar-refractivity contribution in [2.75, 3.05) is 0 Å². The molecule has 0 unspecified atom stereocenters. The van der Waals surface area contributed by atoms with Crippen LogP contribution in [0.3, 0.4) is 0 Å². The molecule has 0 bridgehead atoms. The number of carboxylic acids is 2. The molecule has 12 nitrogen and oxygen atoms in total. The van der Waals surface area contributed by atoms with Gasteiger partial charge in [0.25, 0.3) is 0 Å². The predicted octanol–water partition coefficient (Wildman–Crippen LogP) is -8.15. The predicted molar refractivity (Wildman–Crippen MR) is 66.6 cm³/mol. The Morgan fingerprint density at radius 2 is 0.952 bits per heavy atom. The molecule has 13 heteroatoms. The number of nitrogens with two attached hydrogens (primary N) is 4. The van der Waals surface area contributed by atoms with Gasteiger partial charge in [0, 0.05) is 12.8 Å². The van der Waals surface area contributed by atoms with Crippen molar-refractivity contribution in [3.8, 4) is 0 Å². The Morgan fingerprint density at radius 1 is 0.762 bits per heavy atom. The largest absolute Gasteiger partial charge is 2.00 e. The van der Waals surface area contributed by atoms with Crippen LogP contribution in [0.1, 0.15) is 12.8 Å². The summed E-state index contributed by atoms with van der Waals surface area (Å²) in [5.41, 5.74) is 19.0. The molecule has 0 spiro atoms. The second-order valence-electron chi connectivity index (χ2n) is 3.19. The number of carboxylic acid groups (broad SMARTS) is 2. The molecular formula is C8H18MgN4O8. The van der Waals surface area contributed by atoms with Crippen molar-refractivity contribution < 1.29 is 40.3 Å². The second kappa shape index (κ2) is 16.5. The quantitative estimate of drug-likeness (QED) is 0.339. The van der Waals surface area contributed by atoms with Crippen molar-refractivity contribution in [2.45, 2.75) is 24.9 Å². The number of hydrogen-bond acceptors (Lipinski definition) is 8. The third-order valence-corrected chi connectivity index (χ3v) is 1.45. The van der Waals surface area contributed by atoms with Gasteiger partial charge >= 0.3 is 23.1 Å². The molecule has 12 N–H and O–H groups in total. The fourth-order valence-electron chi connectivity index (χ4n) is 0.600. The SMILES string of the molecule is NC(=O)C[C@H](N)C(=O)[O-].NC(=O)C[C@H](N)C(=O)[O-].O.O.[Mg+2]. The van der Waals surface area contributed by atoms with Crippen LogP contribution in [0.15, 0.2) is 0 Å². The number of carbonyl (C=O) groups is 4. The first-order chi connectivity index (χ1) is 8.07. The van der Waals surface area contributed by atoms with E-state index in [2.05, 4.69) is 11.5 Å². The fourth-order valence-corrected chi connectivity index (χ4v) is 0.600. The minimum atomic E-state index is -1.46. The molecule has 0 aromatic carbocycles. The van der Waals surface area contributed by atoms with Crippen LogP contribution in [0.4, 0.5) is 0 Å². The van der Waals surface area contributed by atoms with E-state index in [0.717, 1.165) is 0 Å². The molecule has 2 amide bonds. The van der Waals surface area contributed by atoms with Crippen LogP contribution >= 0.6 is 0 Å². The summed E-state index contributed by atoms with van der Waals surface area (Å²) in [6.45, 7) is 0. The molecule has 0 heterocycles. The number of rotatable bonds is 6. The normalized spacial score (nSPS) is 10.8. The minimum Gasteiger partial charge on any atom is -0.548 e.